The molecule has 0 amide bonds. The lowest BCUT2D eigenvalue weighted by atomic mass is 10.1. The maximum Gasteiger partial charge on any atom is 0.309 e. The van der Waals surface area contributed by atoms with Crippen LogP contribution >= 0.6 is 0 Å². The van der Waals surface area contributed by atoms with Gasteiger partial charge in [0.25, 0.3) is 5.92 Å². The monoisotopic (exact) mass is 205 g/mol. The van der Waals surface area contributed by atoms with Gasteiger partial charge in [-0.2, -0.15) is 4.39 Å². The average molecular weight is 205 g/mol. The molecule has 1 N–H and O–H groups in total. The second-order valence-electron chi connectivity index (χ2n) is 2.64. The third kappa shape index (κ3) is 2.45. The van der Waals surface area contributed by atoms with Crippen molar-refractivity contribution in [2.45, 2.75) is 12.3 Å². The predicted molar refractivity (Wildman–Crippen MR) is 40.3 cm³/mol. The van der Waals surface area contributed by atoms with Crippen molar-refractivity contribution in [1.82, 2.24) is 4.98 Å². The zero-order valence-corrected chi connectivity index (χ0v) is 6.88. The molecule has 0 unspecified atom stereocenters. The molecule has 0 aliphatic carbocycles. The van der Waals surface area contributed by atoms with Crippen LogP contribution < -0.4 is 0 Å². The number of carbonyl (C=O) groups is 1. The summed E-state index contributed by atoms with van der Waals surface area (Å²) in [5, 5.41) is 8.19. The van der Waals surface area contributed by atoms with Gasteiger partial charge < -0.3 is 5.11 Å². The van der Waals surface area contributed by atoms with Crippen molar-refractivity contribution in [3.05, 3.63) is 29.8 Å². The van der Waals surface area contributed by atoms with Gasteiger partial charge in [-0.1, -0.05) is 0 Å². The van der Waals surface area contributed by atoms with Crippen LogP contribution in [0.5, 0.6) is 0 Å². The van der Waals surface area contributed by atoms with Crippen LogP contribution in [-0.2, 0) is 10.7 Å². The summed E-state index contributed by atoms with van der Waals surface area (Å²) in [7, 11) is 0. The quantitative estimate of drug-likeness (QED) is 0.765. The number of carboxylic acids is 1. The normalized spacial score (nSPS) is 11.4. The second kappa shape index (κ2) is 3.65. The molecule has 1 heterocycles. The minimum Gasteiger partial charge on any atom is -0.481 e. The van der Waals surface area contributed by atoms with Gasteiger partial charge in [-0.15, -0.1) is 0 Å². The first kappa shape index (κ1) is 10.5. The Morgan fingerprint density at radius 2 is 2.21 bits per heavy atom. The summed E-state index contributed by atoms with van der Waals surface area (Å²) in [6, 6.07) is 1.40. The van der Waals surface area contributed by atoms with Gasteiger partial charge in [0.15, 0.2) is 0 Å². The van der Waals surface area contributed by atoms with E-state index in [4.69, 9.17) is 5.11 Å². The molecule has 6 heteroatoms. The molecule has 1 aromatic rings. The van der Waals surface area contributed by atoms with Crippen LogP contribution in [-0.4, -0.2) is 16.1 Å². The molecule has 1 rings (SSSR count). The number of hydrogen-bond donors (Lipinski definition) is 1. The van der Waals surface area contributed by atoms with Crippen molar-refractivity contribution in [2.24, 2.45) is 0 Å². The Bertz CT molecular complexity index is 354. The number of halogens is 3. The van der Waals surface area contributed by atoms with Crippen molar-refractivity contribution in [3.8, 4) is 0 Å². The number of rotatable bonds is 3. The molecule has 3 nitrogen and oxygen atoms in total. The molecule has 0 atom stereocenters. The van der Waals surface area contributed by atoms with E-state index in [0.29, 0.717) is 6.07 Å². The Kier molecular flexibility index (Phi) is 2.73. The fourth-order valence-electron chi connectivity index (χ4n) is 0.922. The molecule has 76 valence electrons. The molecule has 0 saturated heterocycles. The first-order valence-electron chi connectivity index (χ1n) is 3.63. The van der Waals surface area contributed by atoms with Crippen molar-refractivity contribution in [3.63, 3.8) is 0 Å². The Hall–Kier alpha value is -1.59. The standard InChI is InChI=1S/C8H6F3NO2/c9-6-3-5(1-2-12-6)8(10,11)4-7(13)14/h1-3H,4H2,(H,13,14). The topological polar surface area (TPSA) is 50.2 Å². The molecule has 0 radical (unpaired) electrons. The zero-order valence-electron chi connectivity index (χ0n) is 6.88. The van der Waals surface area contributed by atoms with Gasteiger partial charge in [-0.25, -0.2) is 13.8 Å². The third-order valence-corrected chi connectivity index (χ3v) is 1.52. The highest BCUT2D eigenvalue weighted by atomic mass is 19.3. The molecule has 0 bridgehead atoms. The molecular formula is C8H6F3NO2. The minimum atomic E-state index is -3.57. The van der Waals surface area contributed by atoms with Crippen LogP contribution in [0.25, 0.3) is 0 Å². The number of alkyl halides is 2. The van der Waals surface area contributed by atoms with E-state index in [1.165, 1.54) is 0 Å². The van der Waals surface area contributed by atoms with E-state index in [2.05, 4.69) is 4.98 Å². The zero-order chi connectivity index (χ0) is 10.8. The van der Waals surface area contributed by atoms with Crippen LogP contribution in [0.4, 0.5) is 13.2 Å². The highest BCUT2D eigenvalue weighted by Crippen LogP contribution is 2.31. The molecule has 0 spiro atoms. The molecule has 0 aliphatic heterocycles. The van der Waals surface area contributed by atoms with E-state index in [1.54, 1.807) is 0 Å². The third-order valence-electron chi connectivity index (χ3n) is 1.52. The van der Waals surface area contributed by atoms with Gasteiger partial charge in [-0.05, 0) is 6.07 Å². The fraction of sp³-hybridized carbons (Fsp3) is 0.250. The maximum absolute atomic E-state index is 13.0. The van der Waals surface area contributed by atoms with Gasteiger partial charge in [0.1, 0.15) is 6.42 Å². The Labute approximate surface area is 77.2 Å². The van der Waals surface area contributed by atoms with E-state index in [9.17, 15) is 18.0 Å². The van der Waals surface area contributed by atoms with E-state index in [-0.39, 0.29) is 0 Å². The summed E-state index contributed by atoms with van der Waals surface area (Å²) in [4.78, 5) is 13.2. The molecule has 14 heavy (non-hydrogen) atoms. The van der Waals surface area contributed by atoms with Crippen molar-refractivity contribution >= 4 is 5.97 Å². The van der Waals surface area contributed by atoms with Crippen molar-refractivity contribution in [2.75, 3.05) is 0 Å². The summed E-state index contributed by atoms with van der Waals surface area (Å²) in [5.74, 6) is -6.28. The summed E-state index contributed by atoms with van der Waals surface area (Å²) < 4.78 is 38.5. The first-order valence-corrected chi connectivity index (χ1v) is 3.63. The minimum absolute atomic E-state index is 0.517. The van der Waals surface area contributed by atoms with Gasteiger partial charge >= 0.3 is 5.97 Å². The largest absolute Gasteiger partial charge is 0.481 e. The lowest BCUT2D eigenvalue weighted by Crippen LogP contribution is -2.18. The van der Waals surface area contributed by atoms with Gasteiger partial charge in [0, 0.05) is 17.8 Å². The summed E-state index contributed by atoms with van der Waals surface area (Å²) in [6.07, 6.45) is -0.503. The van der Waals surface area contributed by atoms with Crippen LogP contribution in [0.2, 0.25) is 0 Å². The van der Waals surface area contributed by atoms with Gasteiger partial charge in [0.2, 0.25) is 5.95 Å². The van der Waals surface area contributed by atoms with Crippen molar-refractivity contribution in [1.29, 1.82) is 0 Å². The fourth-order valence-corrected chi connectivity index (χ4v) is 0.922. The van der Waals surface area contributed by atoms with E-state index < -0.39 is 29.8 Å². The Morgan fingerprint density at radius 1 is 1.57 bits per heavy atom. The summed E-state index contributed by atoms with van der Waals surface area (Å²) in [5.41, 5.74) is -0.688. The summed E-state index contributed by atoms with van der Waals surface area (Å²) in [6.45, 7) is 0. The van der Waals surface area contributed by atoms with E-state index >= 15 is 0 Å². The van der Waals surface area contributed by atoms with Gasteiger partial charge in [0.05, 0.1) is 0 Å². The molecule has 0 aromatic carbocycles. The Morgan fingerprint density at radius 3 is 2.71 bits per heavy atom. The number of hydrogen-bond acceptors (Lipinski definition) is 2. The number of aliphatic carboxylic acids is 1. The van der Waals surface area contributed by atoms with Gasteiger partial charge in [-0.3, -0.25) is 4.79 Å². The SMILES string of the molecule is O=C(O)CC(F)(F)c1ccnc(F)c1. The van der Waals surface area contributed by atoms with Crippen LogP contribution in [0.1, 0.15) is 12.0 Å². The first-order chi connectivity index (χ1) is 6.42. The lowest BCUT2D eigenvalue weighted by molar-refractivity contribution is -0.145. The molecule has 0 aliphatic rings. The maximum atomic E-state index is 13.0. The number of aromatic nitrogens is 1. The van der Waals surface area contributed by atoms with E-state index in [1.807, 2.05) is 0 Å². The Balaban J connectivity index is 2.97. The second-order valence-corrected chi connectivity index (χ2v) is 2.64. The van der Waals surface area contributed by atoms with E-state index in [0.717, 1.165) is 12.3 Å². The molecular weight excluding hydrogens is 199 g/mol. The molecule has 1 aromatic heterocycles. The smallest absolute Gasteiger partial charge is 0.309 e. The average Bonchev–Trinajstić information content (AvgIpc) is 2.01. The highest BCUT2D eigenvalue weighted by Gasteiger charge is 2.34. The lowest BCUT2D eigenvalue weighted by Gasteiger charge is -2.13. The summed E-state index contributed by atoms with van der Waals surface area (Å²) >= 11 is 0. The predicted octanol–water partition coefficient (Wildman–Crippen LogP) is 1.79. The van der Waals surface area contributed by atoms with Crippen LogP contribution in [0.15, 0.2) is 18.3 Å². The number of nitrogens with zero attached hydrogens (tertiary/aromatic N) is 1. The number of pyridine rings is 1. The van der Waals surface area contributed by atoms with Crippen LogP contribution in [0, 0.1) is 5.95 Å². The molecule has 0 fully saturated rings. The van der Waals surface area contributed by atoms with Crippen LogP contribution in [0.3, 0.4) is 0 Å². The highest BCUT2D eigenvalue weighted by molar-refractivity contribution is 5.68. The van der Waals surface area contributed by atoms with Crippen molar-refractivity contribution < 1.29 is 23.1 Å². The number of carboxylic acid groups (broad SMARTS) is 1. The molecule has 0 saturated carbocycles.